The van der Waals surface area contributed by atoms with Crippen LogP contribution >= 0.6 is 0 Å². The highest BCUT2D eigenvalue weighted by Gasteiger charge is 2.31. The van der Waals surface area contributed by atoms with Gasteiger partial charge in [-0.2, -0.15) is 4.31 Å². The number of halogens is 2. The molecule has 2 N–H and O–H groups in total. The van der Waals surface area contributed by atoms with Crippen molar-refractivity contribution < 1.29 is 17.2 Å². The summed E-state index contributed by atoms with van der Waals surface area (Å²) < 4.78 is 53.2. The van der Waals surface area contributed by atoms with Crippen LogP contribution in [0.25, 0.3) is 0 Å². The quantitative estimate of drug-likeness (QED) is 0.849. The van der Waals surface area contributed by atoms with Crippen molar-refractivity contribution >= 4 is 15.7 Å². The largest absolute Gasteiger partial charge is 0.399 e. The lowest BCUT2D eigenvalue weighted by molar-refractivity contribution is 0.413. The topological polar surface area (TPSA) is 63.4 Å². The first-order valence-corrected chi connectivity index (χ1v) is 7.61. The zero-order valence-electron chi connectivity index (χ0n) is 10.4. The molecule has 0 aliphatic carbocycles. The zero-order valence-corrected chi connectivity index (χ0v) is 11.2. The van der Waals surface area contributed by atoms with Gasteiger partial charge in [-0.25, -0.2) is 17.2 Å². The van der Waals surface area contributed by atoms with Gasteiger partial charge in [0.25, 0.3) is 0 Å². The van der Waals surface area contributed by atoms with Crippen molar-refractivity contribution in [3.05, 3.63) is 23.8 Å². The number of rotatable bonds is 2. The number of nitrogen functional groups attached to an aromatic ring is 1. The summed E-state index contributed by atoms with van der Waals surface area (Å²) in [5, 5.41) is 0. The molecular weight excluding hydrogens is 274 g/mol. The van der Waals surface area contributed by atoms with E-state index in [1.54, 1.807) is 0 Å². The van der Waals surface area contributed by atoms with Crippen LogP contribution < -0.4 is 5.73 Å². The van der Waals surface area contributed by atoms with Crippen LogP contribution in [0, 0.1) is 11.6 Å². The molecule has 1 saturated heterocycles. The minimum Gasteiger partial charge on any atom is -0.399 e. The number of anilines is 1. The molecule has 1 aliphatic rings. The third-order valence-corrected chi connectivity index (χ3v) is 5.13. The Labute approximate surface area is 111 Å². The van der Waals surface area contributed by atoms with Crippen LogP contribution in [-0.2, 0) is 10.0 Å². The molecule has 7 heteroatoms. The van der Waals surface area contributed by atoms with Gasteiger partial charge in [0.15, 0.2) is 4.90 Å². The Kier molecular flexibility index (Phi) is 4.05. The van der Waals surface area contributed by atoms with Crippen molar-refractivity contribution in [1.29, 1.82) is 0 Å². The van der Waals surface area contributed by atoms with Gasteiger partial charge in [0.1, 0.15) is 11.6 Å². The van der Waals surface area contributed by atoms with Crippen LogP contribution in [0.1, 0.15) is 25.7 Å². The number of nitrogens with two attached hydrogens (primary N) is 1. The standard InChI is InChI=1S/C12H16F2N2O2S/c13-10-7-9(15)8-11(14)12(10)19(17,18)16-5-3-1-2-4-6-16/h7-8H,1-6,15H2. The Morgan fingerprint density at radius 1 is 1.00 bits per heavy atom. The minimum atomic E-state index is -4.14. The molecule has 106 valence electrons. The highest BCUT2D eigenvalue weighted by Crippen LogP contribution is 2.26. The fraction of sp³-hybridized carbons (Fsp3) is 0.500. The van der Waals surface area contributed by atoms with Gasteiger partial charge in [0, 0.05) is 18.8 Å². The predicted octanol–water partition coefficient (Wildman–Crippen LogP) is 2.11. The molecule has 1 heterocycles. The van der Waals surface area contributed by atoms with Gasteiger partial charge >= 0.3 is 0 Å². The molecule has 1 aromatic rings. The van der Waals surface area contributed by atoms with Crippen LogP contribution in [0.2, 0.25) is 0 Å². The molecule has 4 nitrogen and oxygen atoms in total. The van der Waals surface area contributed by atoms with Crippen molar-refractivity contribution in [1.82, 2.24) is 4.31 Å². The lowest BCUT2D eigenvalue weighted by atomic mass is 10.2. The Balaban J connectivity index is 2.44. The summed E-state index contributed by atoms with van der Waals surface area (Å²) in [7, 11) is -4.14. The summed E-state index contributed by atoms with van der Waals surface area (Å²) in [5.41, 5.74) is 5.15. The van der Waals surface area contributed by atoms with Gasteiger partial charge in [-0.15, -0.1) is 0 Å². The second-order valence-electron chi connectivity index (χ2n) is 4.63. The van der Waals surface area contributed by atoms with E-state index in [0.29, 0.717) is 25.9 Å². The number of hydrogen-bond donors (Lipinski definition) is 1. The highest BCUT2D eigenvalue weighted by molar-refractivity contribution is 7.89. The SMILES string of the molecule is Nc1cc(F)c(S(=O)(=O)N2CCCCCC2)c(F)c1. The van der Waals surface area contributed by atoms with Gasteiger partial charge < -0.3 is 5.73 Å². The lowest BCUT2D eigenvalue weighted by Crippen LogP contribution is -2.33. The van der Waals surface area contributed by atoms with Gasteiger partial charge in [0.2, 0.25) is 10.0 Å². The van der Waals surface area contributed by atoms with Crippen LogP contribution in [-0.4, -0.2) is 25.8 Å². The van der Waals surface area contributed by atoms with Crippen LogP contribution in [0.4, 0.5) is 14.5 Å². The van der Waals surface area contributed by atoms with Crippen molar-refractivity contribution in [2.24, 2.45) is 0 Å². The Morgan fingerprint density at radius 2 is 1.47 bits per heavy atom. The number of benzene rings is 1. The number of sulfonamides is 1. The molecule has 0 radical (unpaired) electrons. The molecule has 19 heavy (non-hydrogen) atoms. The van der Waals surface area contributed by atoms with Gasteiger partial charge in [0.05, 0.1) is 0 Å². The minimum absolute atomic E-state index is 0.134. The number of hydrogen-bond acceptors (Lipinski definition) is 3. The Morgan fingerprint density at radius 3 is 1.95 bits per heavy atom. The van der Waals surface area contributed by atoms with Crippen molar-refractivity contribution in [3.63, 3.8) is 0 Å². The van der Waals surface area contributed by atoms with Crippen LogP contribution in [0.3, 0.4) is 0 Å². The van der Waals surface area contributed by atoms with E-state index in [2.05, 4.69) is 0 Å². The third-order valence-electron chi connectivity index (χ3n) is 3.18. The Bertz CT molecular complexity index is 544. The van der Waals surface area contributed by atoms with E-state index in [9.17, 15) is 17.2 Å². The van der Waals surface area contributed by atoms with E-state index in [1.165, 1.54) is 0 Å². The van der Waals surface area contributed by atoms with E-state index < -0.39 is 26.6 Å². The average Bonchev–Trinajstić information content (AvgIpc) is 2.55. The average molecular weight is 290 g/mol. The monoisotopic (exact) mass is 290 g/mol. The van der Waals surface area contributed by atoms with Crippen molar-refractivity contribution in [3.8, 4) is 0 Å². The van der Waals surface area contributed by atoms with E-state index >= 15 is 0 Å². The third kappa shape index (κ3) is 2.87. The summed E-state index contributed by atoms with van der Waals surface area (Å²) in [6, 6.07) is 1.65. The molecule has 1 aromatic carbocycles. The van der Waals surface area contributed by atoms with Gasteiger partial charge in [-0.1, -0.05) is 12.8 Å². The smallest absolute Gasteiger partial charge is 0.248 e. The molecule has 0 bridgehead atoms. The number of nitrogens with zero attached hydrogens (tertiary/aromatic N) is 1. The molecule has 0 saturated carbocycles. The van der Waals surface area contributed by atoms with Gasteiger partial charge in [-0.05, 0) is 25.0 Å². The fourth-order valence-corrected chi connectivity index (χ4v) is 3.84. The maximum absolute atomic E-state index is 13.7. The van der Waals surface area contributed by atoms with E-state index in [-0.39, 0.29) is 5.69 Å². The van der Waals surface area contributed by atoms with E-state index in [1.807, 2.05) is 0 Å². The predicted molar refractivity (Wildman–Crippen MR) is 68.0 cm³/mol. The van der Waals surface area contributed by atoms with Crippen LogP contribution in [0.15, 0.2) is 17.0 Å². The second-order valence-corrected chi connectivity index (χ2v) is 6.51. The summed E-state index contributed by atoms with van der Waals surface area (Å²) in [6.45, 7) is 0.594. The lowest BCUT2D eigenvalue weighted by Gasteiger charge is -2.20. The molecule has 2 rings (SSSR count). The zero-order chi connectivity index (χ0) is 14.0. The van der Waals surface area contributed by atoms with E-state index in [0.717, 1.165) is 29.3 Å². The molecule has 0 amide bonds. The Hall–Kier alpha value is -1.21. The maximum Gasteiger partial charge on any atom is 0.248 e. The summed E-state index contributed by atoms with van der Waals surface area (Å²) in [4.78, 5) is -0.899. The van der Waals surface area contributed by atoms with Gasteiger partial charge in [-0.3, -0.25) is 0 Å². The summed E-state index contributed by atoms with van der Waals surface area (Å²) >= 11 is 0. The van der Waals surface area contributed by atoms with E-state index in [4.69, 9.17) is 5.73 Å². The molecule has 0 atom stereocenters. The first-order valence-electron chi connectivity index (χ1n) is 6.17. The highest BCUT2D eigenvalue weighted by atomic mass is 32.2. The maximum atomic E-state index is 13.7. The van der Waals surface area contributed by atoms with Crippen molar-refractivity contribution in [2.45, 2.75) is 30.6 Å². The molecule has 1 aliphatic heterocycles. The molecule has 0 unspecified atom stereocenters. The second kappa shape index (κ2) is 5.42. The first kappa shape index (κ1) is 14.2. The van der Waals surface area contributed by atoms with Crippen molar-refractivity contribution in [2.75, 3.05) is 18.8 Å². The molecule has 0 spiro atoms. The fourth-order valence-electron chi connectivity index (χ4n) is 2.24. The summed E-state index contributed by atoms with van der Waals surface area (Å²) in [5.74, 6) is -2.27. The molecule has 1 fully saturated rings. The first-order chi connectivity index (χ1) is 8.93. The van der Waals surface area contributed by atoms with Crippen LogP contribution in [0.5, 0.6) is 0 Å². The summed E-state index contributed by atoms with van der Waals surface area (Å²) in [6.07, 6.45) is 3.27. The normalized spacial score (nSPS) is 18.2. The molecular formula is C12H16F2N2O2S. The molecule has 0 aromatic heterocycles.